The largest absolute Gasteiger partial charge is 0.464 e. The van der Waals surface area contributed by atoms with Crippen LogP contribution in [-0.4, -0.2) is 36.0 Å². The zero-order valence-corrected chi connectivity index (χ0v) is 12.4. The van der Waals surface area contributed by atoms with Crippen LogP contribution in [0.15, 0.2) is 0 Å². The Bertz CT molecular complexity index is 268. The van der Waals surface area contributed by atoms with E-state index < -0.39 is 0 Å². The highest BCUT2D eigenvalue weighted by Crippen LogP contribution is 2.39. The first-order valence-electron chi connectivity index (χ1n) is 6.37. The first-order valence-corrected chi connectivity index (χ1v) is 8.75. The van der Waals surface area contributed by atoms with Crippen molar-refractivity contribution in [1.29, 1.82) is 0 Å². The summed E-state index contributed by atoms with van der Waals surface area (Å²) in [5, 5.41) is 3.37. The summed E-state index contributed by atoms with van der Waals surface area (Å²) in [5.74, 6) is 1.01. The number of carbonyl (C=O) groups excluding carboxylic acids is 2. The molecule has 1 amide bonds. The van der Waals surface area contributed by atoms with E-state index in [9.17, 15) is 9.59 Å². The first kappa shape index (κ1) is 15.7. The van der Waals surface area contributed by atoms with Crippen LogP contribution in [0, 0.1) is 0 Å². The minimum Gasteiger partial charge on any atom is -0.464 e. The van der Waals surface area contributed by atoms with Crippen LogP contribution in [-0.2, 0) is 14.3 Å². The van der Waals surface area contributed by atoms with Crippen molar-refractivity contribution in [2.24, 2.45) is 0 Å². The van der Waals surface area contributed by atoms with Gasteiger partial charge in [-0.1, -0.05) is 28.0 Å². The van der Waals surface area contributed by atoms with Crippen LogP contribution in [0.3, 0.4) is 0 Å². The van der Waals surface area contributed by atoms with E-state index in [0.717, 1.165) is 18.1 Å². The number of carbonyl (C=O) groups is 2. The van der Waals surface area contributed by atoms with Crippen molar-refractivity contribution < 1.29 is 14.3 Å². The van der Waals surface area contributed by atoms with E-state index in [0.29, 0.717) is 13.0 Å². The fourth-order valence-corrected chi connectivity index (χ4v) is 4.70. The number of nitrogens with one attached hydrogen (secondary N) is 1. The van der Waals surface area contributed by atoms with Crippen LogP contribution in [0.25, 0.3) is 0 Å². The van der Waals surface area contributed by atoms with Gasteiger partial charge in [0.05, 0.1) is 6.54 Å². The Hall–Kier alpha value is -0.360. The second kappa shape index (κ2) is 9.55. The molecule has 104 valence electrons. The molecule has 1 saturated heterocycles. The summed E-state index contributed by atoms with van der Waals surface area (Å²) < 4.78 is 5.00. The number of amides is 1. The molecule has 0 aromatic heterocycles. The van der Waals surface area contributed by atoms with Crippen LogP contribution in [0.1, 0.15) is 39.0 Å². The molecule has 1 N–H and O–H groups in total. The average molecular weight is 291 g/mol. The summed E-state index contributed by atoms with van der Waals surface area (Å²) in [5.41, 5.74) is 0. The Morgan fingerprint density at radius 2 is 2.22 bits per heavy atom. The summed E-state index contributed by atoms with van der Waals surface area (Å²) in [6.45, 7) is 2.12. The van der Waals surface area contributed by atoms with E-state index in [4.69, 9.17) is 4.74 Å². The van der Waals surface area contributed by atoms with Crippen molar-refractivity contribution in [3.8, 4) is 0 Å². The topological polar surface area (TPSA) is 55.4 Å². The third kappa shape index (κ3) is 7.87. The minimum absolute atomic E-state index is 0.0991. The maximum atomic E-state index is 11.3. The van der Waals surface area contributed by atoms with Crippen molar-refractivity contribution in [3.05, 3.63) is 0 Å². The Labute approximate surface area is 116 Å². The Balaban J connectivity index is 1.88. The highest BCUT2D eigenvalue weighted by Gasteiger charge is 2.15. The van der Waals surface area contributed by atoms with Gasteiger partial charge < -0.3 is 10.1 Å². The Morgan fingerprint density at radius 3 is 2.89 bits per heavy atom. The standard InChI is InChI=1S/C12H21NO3S2/c1-10(14)13-7-8-16-12(15)5-3-2-4-11-6-9-17-18-11/h11H,2-9H2,1H3,(H,13,14)/t11-/m1/s1. The third-order valence-corrected chi connectivity index (χ3v) is 5.63. The SMILES string of the molecule is CC(=O)NCCOC(=O)CCCC[C@@H]1CCSS1. The molecule has 0 aromatic carbocycles. The molecule has 1 aliphatic rings. The molecule has 1 heterocycles. The molecule has 0 unspecified atom stereocenters. The quantitative estimate of drug-likeness (QED) is 0.423. The maximum absolute atomic E-state index is 11.3. The second-order valence-corrected chi connectivity index (χ2v) is 7.07. The Kier molecular flexibility index (Phi) is 8.33. The van der Waals surface area contributed by atoms with E-state index in [1.807, 2.05) is 21.6 Å². The van der Waals surface area contributed by atoms with E-state index in [1.165, 1.54) is 25.5 Å². The number of esters is 1. The van der Waals surface area contributed by atoms with Crippen LogP contribution >= 0.6 is 21.6 Å². The van der Waals surface area contributed by atoms with Crippen LogP contribution < -0.4 is 5.32 Å². The van der Waals surface area contributed by atoms with E-state index >= 15 is 0 Å². The molecule has 0 radical (unpaired) electrons. The maximum Gasteiger partial charge on any atom is 0.305 e. The first-order chi connectivity index (χ1) is 8.68. The molecule has 0 aliphatic carbocycles. The van der Waals surface area contributed by atoms with Gasteiger partial charge in [0.2, 0.25) is 5.91 Å². The highest BCUT2D eigenvalue weighted by atomic mass is 33.1. The van der Waals surface area contributed by atoms with Crippen molar-refractivity contribution in [2.45, 2.75) is 44.3 Å². The van der Waals surface area contributed by atoms with Gasteiger partial charge in [-0.05, 0) is 19.3 Å². The Morgan fingerprint density at radius 1 is 1.39 bits per heavy atom. The van der Waals surface area contributed by atoms with Crippen molar-refractivity contribution >= 4 is 33.5 Å². The summed E-state index contributed by atoms with van der Waals surface area (Å²) in [7, 11) is 3.93. The van der Waals surface area contributed by atoms with Gasteiger partial charge in [0.25, 0.3) is 0 Å². The summed E-state index contributed by atoms with van der Waals surface area (Å²) in [6, 6.07) is 0. The minimum atomic E-state index is -0.159. The van der Waals surface area contributed by atoms with Gasteiger partial charge in [-0.25, -0.2) is 0 Å². The van der Waals surface area contributed by atoms with Gasteiger partial charge in [0.15, 0.2) is 0 Å². The van der Waals surface area contributed by atoms with Crippen molar-refractivity contribution in [1.82, 2.24) is 5.32 Å². The van der Waals surface area contributed by atoms with Crippen LogP contribution in [0.5, 0.6) is 0 Å². The molecule has 6 heteroatoms. The predicted octanol–water partition coefficient (Wildman–Crippen LogP) is 2.38. The van der Waals surface area contributed by atoms with Crippen LogP contribution in [0.4, 0.5) is 0 Å². The van der Waals surface area contributed by atoms with E-state index in [2.05, 4.69) is 5.32 Å². The fourth-order valence-electron chi connectivity index (χ4n) is 1.67. The van der Waals surface area contributed by atoms with Gasteiger partial charge in [0.1, 0.15) is 6.61 Å². The van der Waals surface area contributed by atoms with Gasteiger partial charge >= 0.3 is 5.97 Å². The molecular formula is C12H21NO3S2. The lowest BCUT2D eigenvalue weighted by molar-refractivity contribution is -0.144. The van der Waals surface area contributed by atoms with Gasteiger partial charge in [0, 0.05) is 24.3 Å². The number of hydrogen-bond donors (Lipinski definition) is 1. The summed E-state index contributed by atoms with van der Waals surface area (Å²) in [6.07, 6.45) is 5.00. The zero-order chi connectivity index (χ0) is 13.2. The van der Waals surface area contributed by atoms with E-state index in [-0.39, 0.29) is 18.5 Å². The fraction of sp³-hybridized carbons (Fsp3) is 0.833. The molecule has 18 heavy (non-hydrogen) atoms. The van der Waals surface area contributed by atoms with E-state index in [1.54, 1.807) is 0 Å². The van der Waals surface area contributed by atoms with Gasteiger partial charge in [-0.2, -0.15) is 0 Å². The van der Waals surface area contributed by atoms with Crippen molar-refractivity contribution in [3.63, 3.8) is 0 Å². The molecular weight excluding hydrogens is 270 g/mol. The lowest BCUT2D eigenvalue weighted by Gasteiger charge is -2.07. The molecule has 1 atom stereocenters. The summed E-state index contributed by atoms with van der Waals surface area (Å²) >= 11 is 0. The van der Waals surface area contributed by atoms with Crippen LogP contribution in [0.2, 0.25) is 0 Å². The van der Waals surface area contributed by atoms with Gasteiger partial charge in [-0.3, -0.25) is 9.59 Å². The lowest BCUT2D eigenvalue weighted by atomic mass is 10.1. The number of hydrogen-bond acceptors (Lipinski definition) is 5. The monoisotopic (exact) mass is 291 g/mol. The summed E-state index contributed by atoms with van der Waals surface area (Å²) in [4.78, 5) is 21.9. The molecule has 0 saturated carbocycles. The molecule has 0 spiro atoms. The number of rotatable bonds is 8. The zero-order valence-electron chi connectivity index (χ0n) is 10.8. The highest BCUT2D eigenvalue weighted by molar-refractivity contribution is 8.77. The molecule has 1 fully saturated rings. The smallest absolute Gasteiger partial charge is 0.305 e. The van der Waals surface area contributed by atoms with Gasteiger partial charge in [-0.15, -0.1) is 0 Å². The molecule has 1 rings (SSSR count). The molecule has 0 bridgehead atoms. The number of ether oxygens (including phenoxy) is 1. The molecule has 1 aliphatic heterocycles. The lowest BCUT2D eigenvalue weighted by Crippen LogP contribution is -2.25. The number of unbranched alkanes of at least 4 members (excludes halogenated alkanes) is 1. The second-order valence-electron chi connectivity index (χ2n) is 4.28. The molecule has 0 aromatic rings. The normalized spacial score (nSPS) is 18.6. The average Bonchev–Trinajstić information content (AvgIpc) is 2.83. The molecule has 4 nitrogen and oxygen atoms in total. The third-order valence-electron chi connectivity index (χ3n) is 2.62. The predicted molar refractivity (Wildman–Crippen MR) is 76.6 cm³/mol. The van der Waals surface area contributed by atoms with Crippen molar-refractivity contribution in [2.75, 3.05) is 18.9 Å².